The second kappa shape index (κ2) is 9.38. The summed E-state index contributed by atoms with van der Waals surface area (Å²) >= 11 is 0. The smallest absolute Gasteiger partial charge is 0.239 e. The zero-order valence-electron chi connectivity index (χ0n) is 21.9. The maximum absolute atomic E-state index is 11.8. The lowest BCUT2D eigenvalue weighted by atomic mass is 10.2. The van der Waals surface area contributed by atoms with Crippen LogP contribution in [0.3, 0.4) is 0 Å². The number of likely N-dealkylation sites (tertiary alicyclic amines) is 1. The first kappa shape index (κ1) is 23.8. The van der Waals surface area contributed by atoms with E-state index in [0.717, 1.165) is 72.3 Å². The minimum Gasteiger partial charge on any atom is -0.378 e. The highest BCUT2D eigenvalue weighted by Crippen LogP contribution is 2.29. The summed E-state index contributed by atoms with van der Waals surface area (Å²) in [5, 5.41) is 0. The molecule has 0 spiro atoms. The Balaban J connectivity index is 1.42. The largest absolute Gasteiger partial charge is 0.378 e. The highest BCUT2D eigenvalue weighted by Gasteiger charge is 2.29. The number of anilines is 1. The number of imidazole rings is 2. The van der Waals surface area contributed by atoms with Crippen LogP contribution in [0.2, 0.25) is 0 Å². The minimum absolute atomic E-state index is 0.106. The maximum atomic E-state index is 11.8. The van der Waals surface area contributed by atoms with E-state index in [0.29, 0.717) is 25.7 Å². The number of benzene rings is 1. The van der Waals surface area contributed by atoms with Crippen molar-refractivity contribution in [2.75, 3.05) is 51.3 Å². The Morgan fingerprint density at radius 1 is 1.11 bits per heavy atom. The summed E-state index contributed by atoms with van der Waals surface area (Å²) in [6.07, 6.45) is 0.968. The molecule has 37 heavy (non-hydrogen) atoms. The minimum atomic E-state index is 0.106. The number of hydrogen-bond donors (Lipinski definition) is 0. The van der Waals surface area contributed by atoms with Gasteiger partial charge in [-0.2, -0.15) is 9.97 Å². The van der Waals surface area contributed by atoms with Gasteiger partial charge in [0, 0.05) is 53.2 Å². The summed E-state index contributed by atoms with van der Waals surface area (Å²) in [6.45, 7) is 8.91. The highest BCUT2D eigenvalue weighted by molar-refractivity contribution is 5.86. The Hall–Kier alpha value is -3.57. The van der Waals surface area contributed by atoms with Gasteiger partial charge in [0.1, 0.15) is 11.6 Å². The third-order valence-electron chi connectivity index (χ3n) is 7.68. The van der Waals surface area contributed by atoms with Gasteiger partial charge < -0.3 is 19.1 Å². The predicted molar refractivity (Wildman–Crippen MR) is 141 cm³/mol. The van der Waals surface area contributed by atoms with Crippen molar-refractivity contribution in [2.45, 2.75) is 32.9 Å². The molecule has 0 aliphatic carbocycles. The molecule has 6 rings (SSSR count). The molecule has 2 fully saturated rings. The molecular formula is C26H33N9O2. The molecule has 11 nitrogen and oxygen atoms in total. The van der Waals surface area contributed by atoms with Crippen molar-refractivity contribution in [3.05, 3.63) is 35.9 Å². The number of fused-ring (bicyclic) bond motifs is 2. The second-order valence-electron chi connectivity index (χ2n) is 10.00. The molecule has 194 valence electrons. The lowest BCUT2D eigenvalue weighted by molar-refractivity contribution is -0.129. The average molecular weight is 504 g/mol. The Bertz CT molecular complexity index is 1470. The van der Waals surface area contributed by atoms with Crippen LogP contribution in [-0.4, -0.2) is 97.3 Å². The predicted octanol–water partition coefficient (Wildman–Crippen LogP) is 1.90. The number of carbonyl (C=O) groups excluding carboxylic acids is 1. The molecule has 2 aliphatic heterocycles. The van der Waals surface area contributed by atoms with Crippen LogP contribution in [0.4, 0.5) is 5.82 Å². The third kappa shape index (κ3) is 4.21. The molecule has 0 radical (unpaired) electrons. The van der Waals surface area contributed by atoms with E-state index in [1.54, 1.807) is 6.92 Å². The van der Waals surface area contributed by atoms with E-state index < -0.39 is 0 Å². The number of aryl methyl sites for hydroxylation is 2. The fourth-order valence-corrected chi connectivity index (χ4v) is 5.45. The molecule has 0 bridgehead atoms. The van der Waals surface area contributed by atoms with Gasteiger partial charge in [0.2, 0.25) is 11.9 Å². The quantitative estimate of drug-likeness (QED) is 0.407. The van der Waals surface area contributed by atoms with Gasteiger partial charge in [-0.25, -0.2) is 9.97 Å². The number of rotatable bonds is 5. The lowest BCUT2D eigenvalue weighted by Gasteiger charge is -2.28. The van der Waals surface area contributed by atoms with Crippen molar-refractivity contribution in [3.8, 4) is 5.95 Å². The van der Waals surface area contributed by atoms with Crippen molar-refractivity contribution in [2.24, 2.45) is 7.05 Å². The first-order chi connectivity index (χ1) is 17.9. The summed E-state index contributed by atoms with van der Waals surface area (Å²) in [5.41, 5.74) is 3.51. The molecule has 11 heteroatoms. The fourth-order valence-electron chi connectivity index (χ4n) is 5.45. The van der Waals surface area contributed by atoms with Crippen LogP contribution in [-0.2, 0) is 23.1 Å². The molecule has 0 N–H and O–H groups in total. The van der Waals surface area contributed by atoms with E-state index >= 15 is 0 Å². The van der Waals surface area contributed by atoms with Crippen molar-refractivity contribution in [3.63, 3.8) is 0 Å². The molecule has 5 heterocycles. The molecule has 2 aliphatic rings. The molecule has 2 saturated heterocycles. The van der Waals surface area contributed by atoms with Gasteiger partial charge in [-0.05, 0) is 25.5 Å². The van der Waals surface area contributed by atoms with Crippen LogP contribution in [0.5, 0.6) is 0 Å². The number of ether oxygens (including phenoxy) is 1. The van der Waals surface area contributed by atoms with E-state index in [-0.39, 0.29) is 11.9 Å². The Kier molecular flexibility index (Phi) is 6.04. The third-order valence-corrected chi connectivity index (χ3v) is 7.68. The number of hydrogen-bond acceptors (Lipinski definition) is 8. The summed E-state index contributed by atoms with van der Waals surface area (Å²) in [4.78, 5) is 38.2. The number of morpholine rings is 1. The lowest BCUT2D eigenvalue weighted by Crippen LogP contribution is -2.37. The van der Waals surface area contributed by atoms with Gasteiger partial charge >= 0.3 is 0 Å². The number of likely N-dealkylation sites (N-methyl/N-ethyl adjacent to an activating group) is 1. The normalized spacial score (nSPS) is 18.8. The maximum Gasteiger partial charge on any atom is 0.239 e. The van der Waals surface area contributed by atoms with E-state index in [2.05, 4.69) is 14.4 Å². The molecular weight excluding hydrogens is 470 g/mol. The van der Waals surface area contributed by atoms with E-state index in [9.17, 15) is 4.79 Å². The number of para-hydroxylation sites is 2. The van der Waals surface area contributed by atoms with Gasteiger partial charge in [0.15, 0.2) is 17.0 Å². The van der Waals surface area contributed by atoms with Crippen LogP contribution < -0.4 is 4.90 Å². The summed E-state index contributed by atoms with van der Waals surface area (Å²) in [6, 6.07) is 8.30. The molecule has 4 aromatic rings. The average Bonchev–Trinajstić information content (AvgIpc) is 3.59. The van der Waals surface area contributed by atoms with Crippen LogP contribution in [0.25, 0.3) is 28.1 Å². The van der Waals surface area contributed by atoms with Crippen molar-refractivity contribution >= 4 is 33.9 Å². The number of carbonyl (C=O) groups is 1. The Morgan fingerprint density at radius 2 is 1.89 bits per heavy atom. The zero-order chi connectivity index (χ0) is 25.7. The Morgan fingerprint density at radius 3 is 2.68 bits per heavy atom. The van der Waals surface area contributed by atoms with E-state index in [1.165, 1.54) is 0 Å². The zero-order valence-corrected chi connectivity index (χ0v) is 21.9. The van der Waals surface area contributed by atoms with Gasteiger partial charge in [0.25, 0.3) is 0 Å². The number of aromatic nitrogens is 6. The summed E-state index contributed by atoms with van der Waals surface area (Å²) in [7, 11) is 3.91. The van der Waals surface area contributed by atoms with Gasteiger partial charge in [-0.15, -0.1) is 0 Å². The van der Waals surface area contributed by atoms with Gasteiger partial charge in [0.05, 0.1) is 30.8 Å². The van der Waals surface area contributed by atoms with Crippen molar-refractivity contribution in [1.82, 2.24) is 38.9 Å². The topological polar surface area (TPSA) is 97.4 Å². The van der Waals surface area contributed by atoms with Crippen LogP contribution in [0.1, 0.15) is 25.0 Å². The number of nitrogens with zero attached hydrogens (tertiary/aromatic N) is 9. The molecule has 0 saturated carbocycles. The molecule has 1 atom stereocenters. The van der Waals surface area contributed by atoms with Crippen LogP contribution >= 0.6 is 0 Å². The summed E-state index contributed by atoms with van der Waals surface area (Å²) in [5.74, 6) is 3.31. The van der Waals surface area contributed by atoms with Crippen molar-refractivity contribution in [1.29, 1.82) is 0 Å². The first-order valence-electron chi connectivity index (χ1n) is 12.9. The molecule has 1 amide bonds. The van der Waals surface area contributed by atoms with Gasteiger partial charge in [-0.1, -0.05) is 12.1 Å². The highest BCUT2D eigenvalue weighted by atomic mass is 16.5. The molecule has 1 aromatic carbocycles. The molecule has 0 unspecified atom stereocenters. The SMILES string of the molecule is CC(=O)N(C)[C@@H]1CCN(Cc2nc3c(N4CCOCC4)nc(-n4c(C)nc5ccccc54)nc3n2C)C1. The van der Waals surface area contributed by atoms with Gasteiger partial charge in [-0.3, -0.25) is 14.3 Å². The standard InChI is InChI=1S/C26H33N9O2/c1-17-27-20-7-5-6-8-21(20)35(17)26-29-24-23(25(30-26)34-11-13-37-14-12-34)28-22(32(24)4)16-33-10-9-19(15-33)31(3)18(2)36/h5-8,19H,9-16H2,1-4H3/t19-/m1/s1. The van der Waals surface area contributed by atoms with E-state index in [1.807, 2.05) is 54.8 Å². The molecule has 3 aromatic heterocycles. The monoisotopic (exact) mass is 503 g/mol. The fraction of sp³-hybridized carbons (Fsp3) is 0.500. The Labute approximate surface area is 215 Å². The van der Waals surface area contributed by atoms with Crippen LogP contribution in [0.15, 0.2) is 24.3 Å². The number of amides is 1. The second-order valence-corrected chi connectivity index (χ2v) is 10.00. The first-order valence-corrected chi connectivity index (χ1v) is 12.9. The van der Waals surface area contributed by atoms with Crippen LogP contribution in [0, 0.1) is 6.92 Å². The summed E-state index contributed by atoms with van der Waals surface area (Å²) < 4.78 is 9.72. The van der Waals surface area contributed by atoms with E-state index in [4.69, 9.17) is 24.7 Å². The van der Waals surface area contributed by atoms with Crippen molar-refractivity contribution < 1.29 is 9.53 Å².